The van der Waals surface area contributed by atoms with E-state index < -0.39 is 0 Å². The molecule has 7 heteroatoms. The van der Waals surface area contributed by atoms with E-state index in [0.717, 1.165) is 44.1 Å². The molecule has 2 fully saturated rings. The number of anilines is 1. The fourth-order valence-electron chi connectivity index (χ4n) is 3.62. The maximum Gasteiger partial charge on any atom is 0.137 e. The lowest BCUT2D eigenvalue weighted by Crippen LogP contribution is -2.46. The van der Waals surface area contributed by atoms with E-state index in [1.807, 2.05) is 13.2 Å². The average molecular weight is 337 g/mol. The lowest BCUT2D eigenvalue weighted by atomic mass is 10.2. The summed E-state index contributed by atoms with van der Waals surface area (Å²) in [6.07, 6.45) is 9.03. The van der Waals surface area contributed by atoms with Gasteiger partial charge in [-0.2, -0.15) is 0 Å². The van der Waals surface area contributed by atoms with Crippen molar-refractivity contribution in [1.82, 2.24) is 29.3 Å². The summed E-state index contributed by atoms with van der Waals surface area (Å²) in [6, 6.07) is 4.35. The smallest absolute Gasteiger partial charge is 0.137 e. The average Bonchev–Trinajstić information content (AvgIpc) is 3.27. The number of nitrogens with zero attached hydrogens (tertiary/aromatic N) is 7. The Bertz CT molecular complexity index is 884. The van der Waals surface area contributed by atoms with Crippen LogP contribution < -0.4 is 4.90 Å². The summed E-state index contributed by atoms with van der Waals surface area (Å²) in [7, 11) is 1.91. The Balaban J connectivity index is 1.26. The summed E-state index contributed by atoms with van der Waals surface area (Å²) in [5.41, 5.74) is 4.65. The van der Waals surface area contributed by atoms with Gasteiger partial charge < -0.3 is 9.30 Å². The van der Waals surface area contributed by atoms with Crippen LogP contribution in [0.25, 0.3) is 5.65 Å². The highest BCUT2D eigenvalue weighted by Gasteiger charge is 2.26. The molecule has 3 aromatic heterocycles. The van der Waals surface area contributed by atoms with Crippen LogP contribution in [0.2, 0.25) is 0 Å². The largest absolute Gasteiger partial charge is 0.368 e. The monoisotopic (exact) mass is 337 g/mol. The number of aryl methyl sites for hydroxylation is 1. The number of pyridine rings is 1. The molecule has 0 unspecified atom stereocenters. The Morgan fingerprint density at radius 1 is 1.04 bits per heavy atom. The number of imidazole rings is 1. The molecule has 0 aromatic carbocycles. The quantitative estimate of drug-likeness (QED) is 0.725. The van der Waals surface area contributed by atoms with Crippen molar-refractivity contribution in [2.45, 2.75) is 25.3 Å². The molecular formula is C18H23N7. The van der Waals surface area contributed by atoms with E-state index in [1.165, 1.54) is 24.2 Å². The van der Waals surface area contributed by atoms with Gasteiger partial charge in [0.2, 0.25) is 0 Å². The maximum absolute atomic E-state index is 4.74. The molecule has 3 aromatic rings. The molecule has 1 aliphatic heterocycles. The highest BCUT2D eigenvalue weighted by atomic mass is 15.4. The van der Waals surface area contributed by atoms with Gasteiger partial charge in [-0.25, -0.2) is 4.98 Å². The van der Waals surface area contributed by atoms with Crippen molar-refractivity contribution < 1.29 is 0 Å². The highest BCUT2D eigenvalue weighted by molar-refractivity contribution is 5.53. The van der Waals surface area contributed by atoms with Gasteiger partial charge in [0.1, 0.15) is 5.65 Å². The van der Waals surface area contributed by atoms with E-state index in [9.17, 15) is 0 Å². The maximum atomic E-state index is 4.74. The van der Waals surface area contributed by atoms with Gasteiger partial charge in [-0.05, 0) is 25.0 Å². The minimum Gasteiger partial charge on any atom is -0.368 e. The van der Waals surface area contributed by atoms with Crippen LogP contribution in [0.4, 0.5) is 5.69 Å². The zero-order valence-electron chi connectivity index (χ0n) is 14.5. The third-order valence-electron chi connectivity index (χ3n) is 5.22. The second-order valence-corrected chi connectivity index (χ2v) is 7.24. The predicted molar refractivity (Wildman–Crippen MR) is 95.7 cm³/mol. The Morgan fingerprint density at radius 2 is 1.88 bits per heavy atom. The van der Waals surface area contributed by atoms with Gasteiger partial charge in [0.25, 0.3) is 0 Å². The molecule has 5 rings (SSSR count). The van der Waals surface area contributed by atoms with Crippen molar-refractivity contribution in [2.24, 2.45) is 7.05 Å². The molecule has 4 heterocycles. The first-order valence-electron chi connectivity index (χ1n) is 9.06. The Hall–Kier alpha value is -2.41. The SMILES string of the molecule is Cn1cc(CN2CCN(c3ccc4nc(C5CC5)cn4c3)CC2)nn1. The lowest BCUT2D eigenvalue weighted by molar-refractivity contribution is 0.247. The Kier molecular flexibility index (Phi) is 3.48. The second-order valence-electron chi connectivity index (χ2n) is 7.24. The number of hydrogen-bond acceptors (Lipinski definition) is 5. The van der Waals surface area contributed by atoms with Crippen molar-refractivity contribution in [3.05, 3.63) is 42.1 Å². The fraction of sp³-hybridized carbons (Fsp3) is 0.500. The van der Waals surface area contributed by atoms with E-state index in [2.05, 4.69) is 49.0 Å². The molecule has 25 heavy (non-hydrogen) atoms. The first-order chi connectivity index (χ1) is 12.2. The summed E-state index contributed by atoms with van der Waals surface area (Å²) in [6.45, 7) is 5.05. The molecule has 0 N–H and O–H groups in total. The van der Waals surface area contributed by atoms with Crippen LogP contribution in [-0.2, 0) is 13.6 Å². The second kappa shape index (κ2) is 5.84. The predicted octanol–water partition coefficient (Wildman–Crippen LogP) is 1.66. The van der Waals surface area contributed by atoms with E-state index >= 15 is 0 Å². The molecule has 1 aliphatic carbocycles. The molecular weight excluding hydrogens is 314 g/mol. The van der Waals surface area contributed by atoms with Gasteiger partial charge in [0.15, 0.2) is 0 Å². The third kappa shape index (κ3) is 3.00. The summed E-state index contributed by atoms with van der Waals surface area (Å²) in [5, 5.41) is 8.20. The molecule has 0 amide bonds. The molecule has 1 saturated heterocycles. The van der Waals surface area contributed by atoms with Crippen LogP contribution >= 0.6 is 0 Å². The zero-order chi connectivity index (χ0) is 16.8. The Labute approximate surface area is 146 Å². The van der Waals surface area contributed by atoms with Crippen LogP contribution in [0.15, 0.2) is 30.7 Å². The van der Waals surface area contributed by atoms with Gasteiger partial charge in [-0.3, -0.25) is 9.58 Å². The lowest BCUT2D eigenvalue weighted by Gasteiger charge is -2.35. The fourth-order valence-corrected chi connectivity index (χ4v) is 3.62. The molecule has 0 atom stereocenters. The minimum absolute atomic E-state index is 0.702. The highest BCUT2D eigenvalue weighted by Crippen LogP contribution is 2.39. The normalized spacial score (nSPS) is 19.0. The molecule has 0 radical (unpaired) electrons. The number of rotatable bonds is 4. The topological polar surface area (TPSA) is 54.5 Å². The van der Waals surface area contributed by atoms with Crippen molar-refractivity contribution in [3.8, 4) is 0 Å². The summed E-state index contributed by atoms with van der Waals surface area (Å²) in [5.74, 6) is 0.702. The molecule has 2 aliphatic rings. The van der Waals surface area contributed by atoms with Crippen LogP contribution in [0.1, 0.15) is 30.1 Å². The van der Waals surface area contributed by atoms with Crippen molar-refractivity contribution >= 4 is 11.3 Å². The Morgan fingerprint density at radius 3 is 2.60 bits per heavy atom. The zero-order valence-corrected chi connectivity index (χ0v) is 14.5. The first kappa shape index (κ1) is 14.9. The summed E-state index contributed by atoms with van der Waals surface area (Å²) < 4.78 is 3.96. The summed E-state index contributed by atoms with van der Waals surface area (Å²) in [4.78, 5) is 9.65. The van der Waals surface area contributed by atoms with Crippen molar-refractivity contribution in [2.75, 3.05) is 31.1 Å². The minimum atomic E-state index is 0.702. The first-order valence-corrected chi connectivity index (χ1v) is 9.06. The van der Waals surface area contributed by atoms with Gasteiger partial charge in [-0.1, -0.05) is 5.21 Å². The molecule has 0 spiro atoms. The van der Waals surface area contributed by atoms with Crippen LogP contribution in [-0.4, -0.2) is 55.5 Å². The molecule has 0 bridgehead atoms. The number of piperazine rings is 1. The van der Waals surface area contributed by atoms with E-state index in [4.69, 9.17) is 4.98 Å². The van der Waals surface area contributed by atoms with Crippen molar-refractivity contribution in [3.63, 3.8) is 0 Å². The van der Waals surface area contributed by atoms with Crippen LogP contribution in [0, 0.1) is 0 Å². The number of hydrogen-bond donors (Lipinski definition) is 0. The standard InChI is InChI=1S/C18H23N7/c1-22-10-15(20-21-22)11-23-6-8-24(9-7-23)16-4-5-18-19-17(14-2-3-14)13-25(18)12-16/h4-5,10,12-14H,2-3,6-9,11H2,1H3. The summed E-state index contributed by atoms with van der Waals surface area (Å²) >= 11 is 0. The number of aromatic nitrogens is 5. The van der Waals surface area contributed by atoms with E-state index in [1.54, 1.807) is 4.68 Å². The molecule has 1 saturated carbocycles. The van der Waals surface area contributed by atoms with E-state index in [-0.39, 0.29) is 0 Å². The van der Waals surface area contributed by atoms with Gasteiger partial charge in [-0.15, -0.1) is 5.10 Å². The third-order valence-corrected chi connectivity index (χ3v) is 5.22. The van der Waals surface area contributed by atoms with Gasteiger partial charge >= 0.3 is 0 Å². The van der Waals surface area contributed by atoms with Gasteiger partial charge in [0, 0.05) is 64.3 Å². The van der Waals surface area contributed by atoms with Gasteiger partial charge in [0.05, 0.1) is 17.1 Å². The van der Waals surface area contributed by atoms with Crippen LogP contribution in [0.5, 0.6) is 0 Å². The van der Waals surface area contributed by atoms with Crippen molar-refractivity contribution in [1.29, 1.82) is 0 Å². The molecule has 130 valence electrons. The van der Waals surface area contributed by atoms with Crippen LogP contribution in [0.3, 0.4) is 0 Å². The molecule has 7 nitrogen and oxygen atoms in total. The van der Waals surface area contributed by atoms with E-state index in [0.29, 0.717) is 5.92 Å². The number of fused-ring (bicyclic) bond motifs is 1.